The number of nitrogens with zero attached hydrogens (tertiary/aromatic N) is 1. The molecule has 4 nitrogen and oxygen atoms in total. The van der Waals surface area contributed by atoms with Gasteiger partial charge in [0.15, 0.2) is 5.96 Å². The highest BCUT2D eigenvalue weighted by atomic mass is 16.5. The number of nitrogens with one attached hydrogen (secondary N) is 2. The molecule has 0 heterocycles. The van der Waals surface area contributed by atoms with E-state index in [0.29, 0.717) is 0 Å². The van der Waals surface area contributed by atoms with Crippen LogP contribution in [0, 0.1) is 13.8 Å². The Morgan fingerprint density at radius 3 is 2.62 bits per heavy atom. The highest BCUT2D eigenvalue weighted by molar-refractivity contribution is 5.79. The average molecular weight is 325 g/mol. The van der Waals surface area contributed by atoms with E-state index in [2.05, 4.69) is 59.8 Å². The molecule has 0 spiro atoms. The number of hydrogen-bond donors (Lipinski definition) is 2. The van der Waals surface area contributed by atoms with Gasteiger partial charge in [-0.2, -0.15) is 0 Å². The summed E-state index contributed by atoms with van der Waals surface area (Å²) in [5.41, 5.74) is 5.12. The maximum Gasteiger partial charge on any atom is 0.191 e. The molecule has 0 aliphatic rings. The summed E-state index contributed by atoms with van der Waals surface area (Å²) >= 11 is 0. The van der Waals surface area contributed by atoms with Crippen LogP contribution in [0.2, 0.25) is 0 Å². The van der Waals surface area contributed by atoms with E-state index in [0.717, 1.165) is 31.2 Å². The quantitative estimate of drug-likeness (QED) is 0.633. The molecule has 24 heavy (non-hydrogen) atoms. The van der Waals surface area contributed by atoms with Crippen molar-refractivity contribution in [3.63, 3.8) is 0 Å². The highest BCUT2D eigenvalue weighted by Gasteiger charge is 2.02. The molecule has 4 heteroatoms. The summed E-state index contributed by atoms with van der Waals surface area (Å²) in [6, 6.07) is 14.7. The minimum atomic E-state index is 0.769. The van der Waals surface area contributed by atoms with Crippen molar-refractivity contribution >= 4 is 5.96 Å². The van der Waals surface area contributed by atoms with E-state index >= 15 is 0 Å². The number of rotatable bonds is 6. The van der Waals surface area contributed by atoms with Crippen LogP contribution in [-0.4, -0.2) is 26.7 Å². The van der Waals surface area contributed by atoms with Crippen LogP contribution in [0.3, 0.4) is 0 Å². The standard InChI is InChI=1S/C20H27N3O/c1-15-8-9-18(16(2)12-15)14-23-20(21-3)22-11-10-17-6-5-7-19(13-17)24-4/h5-9,12-13H,10-11,14H2,1-4H3,(H2,21,22,23). The third-order valence-corrected chi connectivity index (χ3v) is 4.01. The number of ether oxygens (including phenoxy) is 1. The van der Waals surface area contributed by atoms with Crippen molar-refractivity contribution in [2.45, 2.75) is 26.8 Å². The molecule has 0 aliphatic carbocycles. The second kappa shape index (κ2) is 8.96. The van der Waals surface area contributed by atoms with Crippen molar-refractivity contribution in [3.05, 3.63) is 64.7 Å². The number of aryl methyl sites for hydroxylation is 2. The van der Waals surface area contributed by atoms with Crippen LogP contribution >= 0.6 is 0 Å². The molecule has 0 bridgehead atoms. The van der Waals surface area contributed by atoms with Gasteiger partial charge in [0.25, 0.3) is 0 Å². The van der Waals surface area contributed by atoms with Gasteiger partial charge >= 0.3 is 0 Å². The van der Waals surface area contributed by atoms with Crippen molar-refractivity contribution in [2.75, 3.05) is 20.7 Å². The summed E-state index contributed by atoms with van der Waals surface area (Å²) in [6.07, 6.45) is 0.918. The maximum atomic E-state index is 5.25. The number of methoxy groups -OCH3 is 1. The second-order valence-electron chi connectivity index (χ2n) is 5.88. The van der Waals surface area contributed by atoms with Crippen molar-refractivity contribution in [1.29, 1.82) is 0 Å². The zero-order valence-corrected chi connectivity index (χ0v) is 15.0. The van der Waals surface area contributed by atoms with E-state index in [4.69, 9.17) is 4.74 Å². The van der Waals surface area contributed by atoms with Crippen molar-refractivity contribution in [2.24, 2.45) is 4.99 Å². The molecule has 0 saturated heterocycles. The molecule has 2 aromatic rings. The summed E-state index contributed by atoms with van der Waals surface area (Å²) in [7, 11) is 3.49. The van der Waals surface area contributed by atoms with Gasteiger partial charge in [0, 0.05) is 20.1 Å². The van der Waals surface area contributed by atoms with Gasteiger partial charge in [0.2, 0.25) is 0 Å². The van der Waals surface area contributed by atoms with Crippen LogP contribution < -0.4 is 15.4 Å². The Labute approximate surface area is 145 Å². The van der Waals surface area contributed by atoms with Crippen LogP contribution in [-0.2, 0) is 13.0 Å². The Morgan fingerprint density at radius 2 is 1.92 bits per heavy atom. The Morgan fingerprint density at radius 1 is 1.08 bits per heavy atom. The van der Waals surface area contributed by atoms with Crippen LogP contribution in [0.5, 0.6) is 5.75 Å². The topological polar surface area (TPSA) is 45.7 Å². The maximum absolute atomic E-state index is 5.25. The fourth-order valence-electron chi connectivity index (χ4n) is 2.60. The molecule has 0 saturated carbocycles. The third kappa shape index (κ3) is 5.30. The lowest BCUT2D eigenvalue weighted by molar-refractivity contribution is 0.414. The summed E-state index contributed by atoms with van der Waals surface area (Å²) in [4.78, 5) is 4.28. The van der Waals surface area contributed by atoms with Gasteiger partial charge < -0.3 is 15.4 Å². The molecule has 0 atom stereocenters. The van der Waals surface area contributed by atoms with E-state index in [-0.39, 0.29) is 0 Å². The number of aliphatic imine (C=N–C) groups is 1. The lowest BCUT2D eigenvalue weighted by Gasteiger charge is -2.13. The Bertz CT molecular complexity index is 695. The minimum absolute atomic E-state index is 0.769. The molecule has 2 aromatic carbocycles. The van der Waals surface area contributed by atoms with Gasteiger partial charge in [-0.15, -0.1) is 0 Å². The lowest BCUT2D eigenvalue weighted by Crippen LogP contribution is -2.38. The molecule has 0 aliphatic heterocycles. The summed E-state index contributed by atoms with van der Waals surface area (Å²) in [5, 5.41) is 6.72. The van der Waals surface area contributed by atoms with E-state index in [1.165, 1.54) is 22.3 Å². The van der Waals surface area contributed by atoms with Crippen molar-refractivity contribution in [1.82, 2.24) is 10.6 Å². The minimum Gasteiger partial charge on any atom is -0.497 e. The SMILES string of the molecule is CN=C(NCCc1cccc(OC)c1)NCc1ccc(C)cc1C. The Balaban J connectivity index is 1.82. The van der Waals surface area contributed by atoms with Crippen LogP contribution in [0.15, 0.2) is 47.5 Å². The average Bonchev–Trinajstić information content (AvgIpc) is 2.59. The molecule has 0 aromatic heterocycles. The summed E-state index contributed by atoms with van der Waals surface area (Å²) < 4.78 is 5.25. The Kier molecular flexibility index (Phi) is 6.67. The van der Waals surface area contributed by atoms with Gasteiger partial charge in [-0.25, -0.2) is 0 Å². The van der Waals surface area contributed by atoms with Gasteiger partial charge in [-0.3, -0.25) is 4.99 Å². The molecule has 0 unspecified atom stereocenters. The second-order valence-corrected chi connectivity index (χ2v) is 5.88. The number of hydrogen-bond acceptors (Lipinski definition) is 2. The number of benzene rings is 2. The van der Waals surface area contributed by atoms with Gasteiger partial charge in [0.05, 0.1) is 7.11 Å². The van der Waals surface area contributed by atoms with E-state index in [1.807, 2.05) is 12.1 Å². The first-order valence-corrected chi connectivity index (χ1v) is 8.26. The van der Waals surface area contributed by atoms with Crippen molar-refractivity contribution in [3.8, 4) is 5.75 Å². The number of guanidine groups is 1. The first-order valence-electron chi connectivity index (χ1n) is 8.26. The van der Waals surface area contributed by atoms with Gasteiger partial charge in [0.1, 0.15) is 5.75 Å². The first-order chi connectivity index (χ1) is 11.6. The smallest absolute Gasteiger partial charge is 0.191 e. The predicted octanol–water partition coefficient (Wildman–Crippen LogP) is 3.22. The zero-order chi connectivity index (χ0) is 17.4. The van der Waals surface area contributed by atoms with Crippen molar-refractivity contribution < 1.29 is 4.74 Å². The van der Waals surface area contributed by atoms with Crippen LogP contribution in [0.1, 0.15) is 22.3 Å². The fraction of sp³-hybridized carbons (Fsp3) is 0.350. The molecular formula is C20H27N3O. The fourth-order valence-corrected chi connectivity index (χ4v) is 2.60. The van der Waals surface area contributed by atoms with Crippen LogP contribution in [0.25, 0.3) is 0 Å². The highest BCUT2D eigenvalue weighted by Crippen LogP contribution is 2.12. The third-order valence-electron chi connectivity index (χ3n) is 4.01. The monoisotopic (exact) mass is 325 g/mol. The molecule has 128 valence electrons. The van der Waals surface area contributed by atoms with E-state index in [9.17, 15) is 0 Å². The van der Waals surface area contributed by atoms with E-state index < -0.39 is 0 Å². The molecule has 0 amide bonds. The molecule has 0 fully saturated rings. The predicted molar refractivity (Wildman–Crippen MR) is 101 cm³/mol. The largest absolute Gasteiger partial charge is 0.497 e. The van der Waals surface area contributed by atoms with Gasteiger partial charge in [-0.1, -0.05) is 35.9 Å². The first kappa shape index (κ1) is 17.9. The zero-order valence-electron chi connectivity index (χ0n) is 15.0. The normalized spacial score (nSPS) is 11.2. The van der Waals surface area contributed by atoms with E-state index in [1.54, 1.807) is 14.2 Å². The van der Waals surface area contributed by atoms with Crippen LogP contribution in [0.4, 0.5) is 0 Å². The molecular weight excluding hydrogens is 298 g/mol. The summed E-state index contributed by atoms with van der Waals surface area (Å²) in [6.45, 7) is 5.84. The van der Waals surface area contributed by atoms with Gasteiger partial charge in [-0.05, 0) is 49.1 Å². The summed E-state index contributed by atoms with van der Waals surface area (Å²) in [5.74, 6) is 1.71. The molecule has 2 N–H and O–H groups in total. The molecule has 0 radical (unpaired) electrons. The molecule has 2 rings (SSSR count). The Hall–Kier alpha value is -2.49. The lowest BCUT2D eigenvalue weighted by atomic mass is 10.1.